The number of amides is 2. The summed E-state index contributed by atoms with van der Waals surface area (Å²) in [5, 5.41) is 2.93. The predicted molar refractivity (Wildman–Crippen MR) is 156 cm³/mol. The molecule has 8 nitrogen and oxygen atoms in total. The van der Waals surface area contributed by atoms with Crippen LogP contribution in [0.5, 0.6) is 0 Å². The predicted octanol–water partition coefficient (Wildman–Crippen LogP) is 5.14. The van der Waals surface area contributed by atoms with E-state index in [1.165, 1.54) is 0 Å². The molecule has 0 bridgehead atoms. The molecular formula is C30H39N5O3Si. The fraction of sp³-hybridized carbons (Fsp3) is 0.433. The Morgan fingerprint density at radius 1 is 1.13 bits per heavy atom. The third kappa shape index (κ3) is 6.25. The lowest BCUT2D eigenvalue weighted by Gasteiger charge is -2.31. The molecule has 4 rings (SSSR count). The molecule has 1 aliphatic heterocycles. The molecule has 9 heteroatoms. The van der Waals surface area contributed by atoms with Gasteiger partial charge in [-0.1, -0.05) is 38.7 Å². The van der Waals surface area contributed by atoms with E-state index in [0.717, 1.165) is 34.1 Å². The van der Waals surface area contributed by atoms with Crippen molar-refractivity contribution in [2.75, 3.05) is 18.2 Å². The smallest absolute Gasteiger partial charge is 0.270 e. The number of carbonyl (C=O) groups excluding carboxylic acids is 2. The second-order valence-corrected chi connectivity index (χ2v) is 17.4. The molecule has 2 atom stereocenters. The first-order valence-electron chi connectivity index (χ1n) is 13.4. The normalized spacial score (nSPS) is 17.7. The summed E-state index contributed by atoms with van der Waals surface area (Å²) in [6.07, 6.45) is 3.41. The van der Waals surface area contributed by atoms with E-state index in [1.807, 2.05) is 58.0 Å². The van der Waals surface area contributed by atoms with Crippen molar-refractivity contribution in [3.63, 3.8) is 0 Å². The number of aromatic nitrogens is 3. The fourth-order valence-electron chi connectivity index (χ4n) is 5.01. The molecule has 0 spiro atoms. The maximum Gasteiger partial charge on any atom is 0.270 e. The maximum atomic E-state index is 13.9. The molecule has 4 heterocycles. The Kier molecular flexibility index (Phi) is 8.32. The van der Waals surface area contributed by atoms with Gasteiger partial charge >= 0.3 is 0 Å². The van der Waals surface area contributed by atoms with Crippen LogP contribution in [0.1, 0.15) is 58.3 Å². The Hall–Kier alpha value is -3.43. The molecule has 0 radical (unpaired) electrons. The standard InChI is InChI=1S/C30H39N5O3Si/c1-20-15-23(16-21(2)34-20)17-33-28(36)26-11-10-24(18-32-26)22(3)30(4)25-9-8-12-31-27(25)35(29(30)37)19-38-13-14-39(5,6)7/h8-12,15-16,18,22H,13-14,17,19H2,1-7H3,(H,33,36)/t22?,30-/m1/s1. The Morgan fingerprint density at radius 2 is 1.85 bits per heavy atom. The van der Waals surface area contributed by atoms with Gasteiger partial charge in [-0.2, -0.15) is 0 Å². The Bertz CT molecular complexity index is 1340. The first kappa shape index (κ1) is 28.6. The summed E-state index contributed by atoms with van der Waals surface area (Å²) < 4.78 is 5.95. The van der Waals surface area contributed by atoms with Crippen molar-refractivity contribution >= 4 is 25.7 Å². The summed E-state index contributed by atoms with van der Waals surface area (Å²) in [6, 6.07) is 12.4. The second-order valence-electron chi connectivity index (χ2n) is 11.8. The number of aryl methyl sites for hydroxylation is 2. The SMILES string of the molecule is Cc1cc(CNC(=O)c2ccc(C(C)[C@@]3(C)C(=O)N(COCC[Si](C)(C)C)c4ncccc43)cn2)cc(C)n1. The van der Waals surface area contributed by atoms with E-state index in [0.29, 0.717) is 24.7 Å². The molecule has 2 amide bonds. The van der Waals surface area contributed by atoms with Crippen LogP contribution in [0.3, 0.4) is 0 Å². The minimum absolute atomic E-state index is 0.0403. The quantitative estimate of drug-likeness (QED) is 0.280. The topological polar surface area (TPSA) is 97.3 Å². The number of nitrogens with zero attached hydrogens (tertiary/aromatic N) is 4. The summed E-state index contributed by atoms with van der Waals surface area (Å²) in [5.41, 5.74) is 4.07. The van der Waals surface area contributed by atoms with Crippen LogP contribution in [-0.4, -0.2) is 48.2 Å². The number of hydrogen-bond acceptors (Lipinski definition) is 6. The molecule has 206 valence electrons. The van der Waals surface area contributed by atoms with Crippen LogP contribution in [-0.2, 0) is 21.5 Å². The molecule has 1 N–H and O–H groups in total. The number of anilines is 1. The summed E-state index contributed by atoms with van der Waals surface area (Å²) in [4.78, 5) is 41.6. The number of rotatable bonds is 10. The van der Waals surface area contributed by atoms with Crippen LogP contribution in [0.2, 0.25) is 25.7 Å². The highest BCUT2D eigenvalue weighted by molar-refractivity contribution is 6.76. The molecule has 39 heavy (non-hydrogen) atoms. The van der Waals surface area contributed by atoms with Gasteiger partial charge in [-0.25, -0.2) is 4.98 Å². The Balaban J connectivity index is 1.47. The van der Waals surface area contributed by atoms with Crippen LogP contribution >= 0.6 is 0 Å². The largest absolute Gasteiger partial charge is 0.361 e. The van der Waals surface area contributed by atoms with Gasteiger partial charge in [0.1, 0.15) is 18.2 Å². The molecule has 0 aliphatic carbocycles. The van der Waals surface area contributed by atoms with Crippen molar-refractivity contribution in [3.05, 3.63) is 82.6 Å². The summed E-state index contributed by atoms with van der Waals surface area (Å²) in [7, 11) is -1.24. The average Bonchev–Trinajstić information content (AvgIpc) is 3.11. The van der Waals surface area contributed by atoms with Gasteiger partial charge in [0.15, 0.2) is 0 Å². The van der Waals surface area contributed by atoms with Crippen LogP contribution < -0.4 is 10.2 Å². The molecule has 0 saturated heterocycles. The van der Waals surface area contributed by atoms with Gasteiger partial charge in [0.05, 0.1) is 5.41 Å². The van der Waals surface area contributed by atoms with Gasteiger partial charge in [0.25, 0.3) is 5.91 Å². The van der Waals surface area contributed by atoms with Crippen molar-refractivity contribution in [1.29, 1.82) is 0 Å². The van der Waals surface area contributed by atoms with Gasteiger partial charge in [-0.05, 0) is 62.2 Å². The maximum absolute atomic E-state index is 13.9. The monoisotopic (exact) mass is 545 g/mol. The van der Waals surface area contributed by atoms with E-state index in [9.17, 15) is 9.59 Å². The number of pyridine rings is 3. The molecule has 3 aromatic heterocycles. The highest BCUT2D eigenvalue weighted by Gasteiger charge is 2.52. The van der Waals surface area contributed by atoms with Gasteiger partial charge in [0.2, 0.25) is 5.91 Å². The van der Waals surface area contributed by atoms with Crippen LogP contribution in [0.25, 0.3) is 0 Å². The molecule has 1 aliphatic rings. The van der Waals surface area contributed by atoms with Gasteiger partial charge in [-0.3, -0.25) is 24.5 Å². The lowest BCUT2D eigenvalue weighted by molar-refractivity contribution is -0.124. The zero-order chi connectivity index (χ0) is 28.4. The summed E-state index contributed by atoms with van der Waals surface area (Å²) in [5.74, 6) is 0.157. The van der Waals surface area contributed by atoms with Gasteiger partial charge in [0, 0.05) is 56.5 Å². The zero-order valence-electron chi connectivity index (χ0n) is 24.0. The molecule has 3 aromatic rings. The average molecular weight is 546 g/mol. The zero-order valence-corrected chi connectivity index (χ0v) is 25.0. The second kappa shape index (κ2) is 11.4. The summed E-state index contributed by atoms with van der Waals surface area (Å²) >= 11 is 0. The van der Waals surface area contributed by atoms with E-state index in [-0.39, 0.29) is 24.5 Å². The van der Waals surface area contributed by atoms with Gasteiger partial charge in [-0.15, -0.1) is 0 Å². The number of nitrogens with one attached hydrogen (secondary N) is 1. The fourth-order valence-corrected chi connectivity index (χ4v) is 5.76. The van der Waals surface area contributed by atoms with Crippen LogP contribution in [0.4, 0.5) is 5.82 Å². The van der Waals surface area contributed by atoms with Crippen LogP contribution in [0, 0.1) is 13.8 Å². The third-order valence-electron chi connectivity index (χ3n) is 7.49. The third-order valence-corrected chi connectivity index (χ3v) is 9.19. The number of fused-ring (bicyclic) bond motifs is 1. The number of carbonyl (C=O) groups is 2. The van der Waals surface area contributed by atoms with E-state index in [4.69, 9.17) is 4.74 Å². The van der Waals surface area contributed by atoms with Crippen molar-refractivity contribution in [2.45, 2.75) is 71.3 Å². The van der Waals surface area contributed by atoms with Gasteiger partial charge < -0.3 is 10.1 Å². The van der Waals surface area contributed by atoms with E-state index >= 15 is 0 Å². The summed E-state index contributed by atoms with van der Waals surface area (Å²) in [6.45, 7) is 16.0. The highest BCUT2D eigenvalue weighted by atomic mass is 28.3. The van der Waals surface area contributed by atoms with Crippen LogP contribution in [0.15, 0.2) is 48.8 Å². The number of hydrogen-bond donors (Lipinski definition) is 1. The molecule has 1 unspecified atom stereocenters. The highest BCUT2D eigenvalue weighted by Crippen LogP contribution is 2.48. The van der Waals surface area contributed by atoms with Crippen molar-refractivity contribution in [1.82, 2.24) is 20.3 Å². The lowest BCUT2D eigenvalue weighted by atomic mass is 9.71. The molecule has 0 saturated carbocycles. The van der Waals surface area contributed by atoms with E-state index in [2.05, 4.69) is 39.9 Å². The van der Waals surface area contributed by atoms with Crippen molar-refractivity contribution in [3.8, 4) is 0 Å². The Labute approximate surface area is 232 Å². The number of ether oxygens (including phenoxy) is 1. The lowest BCUT2D eigenvalue weighted by Crippen LogP contribution is -2.42. The van der Waals surface area contributed by atoms with Crippen molar-refractivity contribution < 1.29 is 14.3 Å². The minimum atomic E-state index is -1.24. The minimum Gasteiger partial charge on any atom is -0.361 e. The first-order chi connectivity index (χ1) is 18.4. The Morgan fingerprint density at radius 3 is 2.49 bits per heavy atom. The molecule has 0 aromatic carbocycles. The molecule has 0 fully saturated rings. The van der Waals surface area contributed by atoms with Crippen molar-refractivity contribution in [2.24, 2.45) is 0 Å². The molecular weight excluding hydrogens is 506 g/mol. The van der Waals surface area contributed by atoms with E-state index < -0.39 is 13.5 Å². The van der Waals surface area contributed by atoms with E-state index in [1.54, 1.807) is 23.4 Å². The first-order valence-corrected chi connectivity index (χ1v) is 17.1.